The zero-order valence-electron chi connectivity index (χ0n) is 10.1. The summed E-state index contributed by atoms with van der Waals surface area (Å²) in [7, 11) is 1.22. The van der Waals surface area contributed by atoms with Crippen molar-refractivity contribution < 1.29 is 4.21 Å². The summed E-state index contributed by atoms with van der Waals surface area (Å²) in [5, 5.41) is 8.94. The van der Waals surface area contributed by atoms with Crippen molar-refractivity contribution in [1.82, 2.24) is 15.1 Å². The van der Waals surface area contributed by atoms with E-state index in [1.165, 1.54) is 5.39 Å². The molecule has 0 aliphatic rings. The predicted octanol–water partition coefficient (Wildman–Crippen LogP) is 1.04. The predicted molar refractivity (Wildman–Crippen MR) is 71.4 cm³/mol. The lowest BCUT2D eigenvalue weighted by Gasteiger charge is -2.00. The van der Waals surface area contributed by atoms with Crippen molar-refractivity contribution >= 4 is 21.7 Å². The molecule has 1 aromatic carbocycles. The highest BCUT2D eigenvalue weighted by Gasteiger charge is 2.06. The zero-order valence-corrected chi connectivity index (χ0v) is 11.0. The normalized spacial score (nSPS) is 13.1. The zero-order chi connectivity index (χ0) is 12.3. The second-order valence-electron chi connectivity index (χ2n) is 4.04. The molecule has 0 radical (unpaired) electrons. The Morgan fingerprint density at radius 3 is 2.94 bits per heavy atom. The van der Waals surface area contributed by atoms with Crippen LogP contribution in [-0.4, -0.2) is 32.5 Å². The van der Waals surface area contributed by atoms with E-state index in [1.807, 2.05) is 23.9 Å². The van der Waals surface area contributed by atoms with Crippen LogP contribution >= 0.6 is 0 Å². The fourth-order valence-electron chi connectivity index (χ4n) is 1.84. The minimum atomic E-state index is -0.733. The maximum absolute atomic E-state index is 10.9. The van der Waals surface area contributed by atoms with Crippen molar-refractivity contribution in [2.45, 2.75) is 6.54 Å². The monoisotopic (exact) mass is 251 g/mol. The molecule has 1 aromatic heterocycles. The maximum atomic E-state index is 10.9. The molecule has 17 heavy (non-hydrogen) atoms. The van der Waals surface area contributed by atoms with E-state index in [4.69, 9.17) is 0 Å². The molecule has 92 valence electrons. The Balaban J connectivity index is 2.06. The Bertz CT molecular complexity index is 536. The number of benzene rings is 1. The van der Waals surface area contributed by atoms with Gasteiger partial charge in [-0.15, -0.1) is 0 Å². The van der Waals surface area contributed by atoms with E-state index in [9.17, 15) is 4.21 Å². The van der Waals surface area contributed by atoms with Crippen LogP contribution in [0.4, 0.5) is 0 Å². The molecule has 0 saturated heterocycles. The Labute approximate surface area is 103 Å². The fraction of sp³-hybridized carbons (Fsp3) is 0.417. The first kappa shape index (κ1) is 12.3. The first-order chi connectivity index (χ1) is 8.18. The van der Waals surface area contributed by atoms with Gasteiger partial charge >= 0.3 is 0 Å². The van der Waals surface area contributed by atoms with Crippen LogP contribution in [0.15, 0.2) is 24.3 Å². The third kappa shape index (κ3) is 2.92. The summed E-state index contributed by atoms with van der Waals surface area (Å²) in [6.07, 6.45) is 1.72. The van der Waals surface area contributed by atoms with Crippen LogP contribution in [0.2, 0.25) is 0 Å². The highest BCUT2D eigenvalue weighted by Crippen LogP contribution is 2.16. The minimum Gasteiger partial charge on any atom is -0.310 e. The molecule has 1 atom stereocenters. The van der Waals surface area contributed by atoms with Gasteiger partial charge in [0.1, 0.15) is 0 Å². The van der Waals surface area contributed by atoms with Gasteiger partial charge in [0.15, 0.2) is 0 Å². The van der Waals surface area contributed by atoms with Crippen LogP contribution in [0.1, 0.15) is 5.69 Å². The number of aryl methyl sites for hydroxylation is 1. The fourth-order valence-corrected chi connectivity index (χ4v) is 2.27. The molecule has 1 unspecified atom stereocenters. The van der Waals surface area contributed by atoms with Gasteiger partial charge in [-0.1, -0.05) is 18.2 Å². The van der Waals surface area contributed by atoms with E-state index in [0.29, 0.717) is 5.75 Å². The summed E-state index contributed by atoms with van der Waals surface area (Å²) in [6.45, 7) is 1.48. The number of nitrogens with zero attached hydrogens (tertiary/aromatic N) is 2. The highest BCUT2D eigenvalue weighted by atomic mass is 32.2. The summed E-state index contributed by atoms with van der Waals surface area (Å²) in [5.74, 6) is 0.685. The molecule has 0 amide bonds. The Morgan fingerprint density at radius 2 is 2.18 bits per heavy atom. The van der Waals surface area contributed by atoms with Crippen LogP contribution < -0.4 is 5.32 Å². The van der Waals surface area contributed by atoms with Gasteiger partial charge in [-0.05, 0) is 6.07 Å². The number of hydrogen-bond donors (Lipinski definition) is 1. The average molecular weight is 251 g/mol. The number of hydrogen-bond acceptors (Lipinski definition) is 3. The van der Waals surface area contributed by atoms with E-state index in [2.05, 4.69) is 22.5 Å². The first-order valence-electron chi connectivity index (χ1n) is 5.60. The quantitative estimate of drug-likeness (QED) is 0.808. The highest BCUT2D eigenvalue weighted by molar-refractivity contribution is 7.84. The van der Waals surface area contributed by atoms with Crippen LogP contribution in [0.5, 0.6) is 0 Å². The van der Waals surface area contributed by atoms with Gasteiger partial charge in [0.25, 0.3) is 0 Å². The lowest BCUT2D eigenvalue weighted by atomic mass is 10.2. The maximum Gasteiger partial charge on any atom is 0.0841 e. The molecular formula is C12H17N3OS. The van der Waals surface area contributed by atoms with Gasteiger partial charge in [-0.25, -0.2) is 0 Å². The van der Waals surface area contributed by atoms with Crippen LogP contribution in [-0.2, 0) is 24.4 Å². The molecule has 0 aliphatic carbocycles. The Kier molecular flexibility index (Phi) is 3.91. The molecule has 0 fully saturated rings. The second-order valence-corrected chi connectivity index (χ2v) is 5.60. The standard InChI is InChI=1S/C12H17N3OS/c1-15-12-6-4-3-5-10(12)11(14-15)9-13-7-8-17(2)16/h3-6,13H,7-9H2,1-2H3. The second kappa shape index (κ2) is 5.42. The Morgan fingerprint density at radius 1 is 1.41 bits per heavy atom. The minimum absolute atomic E-state index is 0.685. The van der Waals surface area contributed by atoms with E-state index < -0.39 is 10.8 Å². The molecule has 1 heterocycles. The largest absolute Gasteiger partial charge is 0.310 e. The average Bonchev–Trinajstić information content (AvgIpc) is 2.63. The molecule has 0 spiro atoms. The molecular weight excluding hydrogens is 234 g/mol. The summed E-state index contributed by atoms with van der Waals surface area (Å²) < 4.78 is 12.8. The topological polar surface area (TPSA) is 46.9 Å². The number of para-hydroxylation sites is 1. The molecule has 5 heteroatoms. The molecule has 4 nitrogen and oxygen atoms in total. The number of fused-ring (bicyclic) bond motifs is 1. The third-order valence-corrected chi connectivity index (χ3v) is 3.47. The van der Waals surface area contributed by atoms with E-state index in [0.717, 1.165) is 24.3 Å². The van der Waals surface area contributed by atoms with Crippen molar-refractivity contribution in [3.05, 3.63) is 30.0 Å². The number of aromatic nitrogens is 2. The van der Waals surface area contributed by atoms with E-state index in [1.54, 1.807) is 6.26 Å². The Hall–Kier alpha value is -1.20. The number of rotatable bonds is 5. The summed E-state index contributed by atoms with van der Waals surface area (Å²) in [6, 6.07) is 8.18. The number of nitrogens with one attached hydrogen (secondary N) is 1. The third-order valence-electron chi connectivity index (χ3n) is 2.69. The molecule has 2 aromatic rings. The summed E-state index contributed by atoms with van der Waals surface area (Å²) >= 11 is 0. The van der Waals surface area contributed by atoms with Crippen LogP contribution in [0.25, 0.3) is 10.9 Å². The van der Waals surface area contributed by atoms with Gasteiger partial charge in [-0.3, -0.25) is 8.89 Å². The smallest absolute Gasteiger partial charge is 0.0841 e. The van der Waals surface area contributed by atoms with E-state index >= 15 is 0 Å². The molecule has 0 bridgehead atoms. The van der Waals surface area contributed by atoms with Crippen molar-refractivity contribution in [3.63, 3.8) is 0 Å². The molecule has 2 rings (SSSR count). The van der Waals surface area contributed by atoms with Gasteiger partial charge in [0.2, 0.25) is 0 Å². The van der Waals surface area contributed by atoms with Crippen molar-refractivity contribution in [3.8, 4) is 0 Å². The SMILES string of the molecule is Cn1nc(CNCCS(C)=O)c2ccccc21. The summed E-state index contributed by atoms with van der Waals surface area (Å²) in [4.78, 5) is 0. The van der Waals surface area contributed by atoms with E-state index in [-0.39, 0.29) is 0 Å². The molecule has 1 N–H and O–H groups in total. The first-order valence-corrected chi connectivity index (χ1v) is 7.32. The summed E-state index contributed by atoms with van der Waals surface area (Å²) in [5.41, 5.74) is 2.19. The van der Waals surface area contributed by atoms with Gasteiger partial charge in [0, 0.05) is 48.3 Å². The molecule has 0 saturated carbocycles. The van der Waals surface area contributed by atoms with Crippen LogP contribution in [0.3, 0.4) is 0 Å². The lowest BCUT2D eigenvalue weighted by molar-refractivity contribution is 0.667. The molecule has 0 aliphatic heterocycles. The van der Waals surface area contributed by atoms with Gasteiger partial charge < -0.3 is 5.32 Å². The van der Waals surface area contributed by atoms with Crippen molar-refractivity contribution in [2.75, 3.05) is 18.6 Å². The lowest BCUT2D eigenvalue weighted by Crippen LogP contribution is -2.20. The van der Waals surface area contributed by atoms with Crippen molar-refractivity contribution in [1.29, 1.82) is 0 Å². The van der Waals surface area contributed by atoms with Crippen molar-refractivity contribution in [2.24, 2.45) is 7.05 Å². The van der Waals surface area contributed by atoms with Crippen LogP contribution in [0, 0.1) is 0 Å². The van der Waals surface area contributed by atoms with Gasteiger partial charge in [0.05, 0.1) is 11.2 Å². The van der Waals surface area contributed by atoms with Gasteiger partial charge in [-0.2, -0.15) is 5.10 Å².